The van der Waals surface area contributed by atoms with Crippen LogP contribution >= 0.6 is 12.2 Å². The molecule has 70 valence electrons. The topological polar surface area (TPSA) is 81.2 Å². The van der Waals surface area contributed by atoms with Crippen molar-refractivity contribution in [3.8, 4) is 0 Å². The lowest BCUT2D eigenvalue weighted by atomic mass is 10.4. The van der Waals surface area contributed by atoms with E-state index in [1.54, 1.807) is 6.07 Å². The molecule has 1 rings (SSSR count). The second-order valence-electron chi connectivity index (χ2n) is 2.41. The minimum atomic E-state index is -0.212. The lowest BCUT2D eigenvalue weighted by Crippen LogP contribution is -2.27. The molecule has 5 nitrogen and oxygen atoms in total. The van der Waals surface area contributed by atoms with Gasteiger partial charge in [-0.3, -0.25) is 4.79 Å². The number of carbonyl (C=O) groups excluding carboxylic acids is 1. The van der Waals surface area contributed by atoms with Crippen LogP contribution in [0.5, 0.6) is 0 Å². The molecule has 6 heteroatoms. The van der Waals surface area contributed by atoms with Crippen molar-refractivity contribution < 1.29 is 9.32 Å². The Morgan fingerprint density at radius 2 is 2.54 bits per heavy atom. The predicted octanol–water partition coefficient (Wildman–Crippen LogP) is -0.0330. The summed E-state index contributed by atoms with van der Waals surface area (Å²) in [6.45, 7) is 0.331. The molecule has 0 spiro atoms. The smallest absolute Gasteiger partial charge is 0.227 e. The van der Waals surface area contributed by atoms with E-state index in [4.69, 9.17) is 5.73 Å². The van der Waals surface area contributed by atoms with Crippen LogP contribution in [0.4, 0.5) is 0 Å². The van der Waals surface area contributed by atoms with Gasteiger partial charge in [-0.25, -0.2) is 0 Å². The molecule has 13 heavy (non-hydrogen) atoms. The van der Waals surface area contributed by atoms with Crippen LogP contribution in [0.1, 0.15) is 12.1 Å². The molecule has 1 heterocycles. The lowest BCUT2D eigenvalue weighted by molar-refractivity contribution is -0.120. The zero-order valence-corrected chi connectivity index (χ0v) is 7.63. The molecule has 0 aliphatic heterocycles. The number of rotatable bonds is 4. The summed E-state index contributed by atoms with van der Waals surface area (Å²) in [4.78, 5) is 11.2. The van der Waals surface area contributed by atoms with E-state index >= 15 is 0 Å². The molecule has 1 aromatic heterocycles. The highest BCUT2D eigenvalue weighted by molar-refractivity contribution is 7.80. The fraction of sp³-hybridized carbons (Fsp3) is 0.286. The highest BCUT2D eigenvalue weighted by Gasteiger charge is 2.03. The van der Waals surface area contributed by atoms with Crippen molar-refractivity contribution in [1.82, 2.24) is 10.5 Å². The summed E-state index contributed by atoms with van der Waals surface area (Å²) in [7, 11) is 0. The van der Waals surface area contributed by atoms with Gasteiger partial charge in [-0.15, -0.1) is 0 Å². The zero-order chi connectivity index (χ0) is 9.68. The van der Waals surface area contributed by atoms with Crippen LogP contribution < -0.4 is 11.1 Å². The monoisotopic (exact) mass is 199 g/mol. The summed E-state index contributed by atoms with van der Waals surface area (Å²) in [5, 5.41) is 6.20. The first-order valence-corrected chi connectivity index (χ1v) is 4.03. The summed E-state index contributed by atoms with van der Waals surface area (Å²) < 4.78 is 4.58. The van der Waals surface area contributed by atoms with Gasteiger partial charge in [0.05, 0.1) is 18.0 Å². The van der Waals surface area contributed by atoms with Crippen LogP contribution in [0.25, 0.3) is 0 Å². The molecular formula is C7H9N3O2S. The Morgan fingerprint density at radius 1 is 1.77 bits per heavy atom. The van der Waals surface area contributed by atoms with Gasteiger partial charge in [0, 0.05) is 6.07 Å². The number of hydrogen-bond donors (Lipinski definition) is 2. The molecule has 0 saturated heterocycles. The molecule has 1 aromatic rings. The van der Waals surface area contributed by atoms with Crippen LogP contribution in [-0.2, 0) is 11.3 Å². The number of aromatic nitrogens is 1. The fourth-order valence-electron chi connectivity index (χ4n) is 0.739. The minimum absolute atomic E-state index is 0.0627. The number of thiocarbonyl (C=S) groups is 1. The fourth-order valence-corrected chi connectivity index (χ4v) is 0.870. The first kappa shape index (κ1) is 9.66. The van der Waals surface area contributed by atoms with Crippen molar-refractivity contribution in [2.24, 2.45) is 5.73 Å². The summed E-state index contributed by atoms with van der Waals surface area (Å²) in [6, 6.07) is 1.67. The van der Waals surface area contributed by atoms with Crippen LogP contribution in [0, 0.1) is 0 Å². The third-order valence-corrected chi connectivity index (χ3v) is 1.44. The molecule has 3 N–H and O–H groups in total. The van der Waals surface area contributed by atoms with Crippen molar-refractivity contribution in [2.45, 2.75) is 13.0 Å². The Bertz CT molecular complexity index is 297. The highest BCUT2D eigenvalue weighted by atomic mass is 32.1. The molecule has 0 atom stereocenters. The van der Waals surface area contributed by atoms with Gasteiger partial charge in [0.1, 0.15) is 12.0 Å². The molecule has 0 aliphatic carbocycles. The first-order valence-electron chi connectivity index (χ1n) is 3.63. The number of nitrogens with two attached hydrogens (primary N) is 1. The Labute approximate surface area is 80.3 Å². The molecule has 0 aliphatic rings. The van der Waals surface area contributed by atoms with Crippen molar-refractivity contribution in [3.05, 3.63) is 18.0 Å². The molecule has 1 amide bonds. The number of nitrogens with one attached hydrogen (secondary N) is 1. The normalized spacial score (nSPS) is 9.54. The summed E-state index contributed by atoms with van der Waals surface area (Å²) in [6.07, 6.45) is 1.50. The van der Waals surface area contributed by atoms with Gasteiger partial charge < -0.3 is 15.6 Å². The van der Waals surface area contributed by atoms with Crippen molar-refractivity contribution in [2.75, 3.05) is 0 Å². The molecule has 0 aromatic carbocycles. The molecule has 0 fully saturated rings. The second-order valence-corrected chi connectivity index (χ2v) is 2.93. The Hall–Kier alpha value is -1.43. The van der Waals surface area contributed by atoms with Gasteiger partial charge in [-0.2, -0.15) is 0 Å². The van der Waals surface area contributed by atoms with Crippen molar-refractivity contribution >= 4 is 23.1 Å². The Kier molecular flexibility index (Phi) is 3.39. The van der Waals surface area contributed by atoms with Crippen LogP contribution in [-0.4, -0.2) is 16.1 Å². The van der Waals surface area contributed by atoms with Crippen LogP contribution in [0.3, 0.4) is 0 Å². The Balaban J connectivity index is 2.27. The number of nitrogens with zero attached hydrogens (tertiary/aromatic N) is 1. The zero-order valence-electron chi connectivity index (χ0n) is 6.82. The summed E-state index contributed by atoms with van der Waals surface area (Å²) >= 11 is 4.57. The molecule has 0 saturated carbocycles. The molecule has 0 radical (unpaired) electrons. The summed E-state index contributed by atoms with van der Waals surface area (Å²) in [5.74, 6) is -0.212. The third-order valence-electron chi connectivity index (χ3n) is 1.29. The largest absolute Gasteiger partial charge is 0.393 e. The van der Waals surface area contributed by atoms with Crippen LogP contribution in [0.15, 0.2) is 16.9 Å². The number of carbonyl (C=O) groups is 1. The average molecular weight is 199 g/mol. The quantitative estimate of drug-likeness (QED) is 0.665. The standard InChI is InChI=1S/C7H9N3O2S/c8-6(13)3-7(11)9-4-5-1-2-12-10-5/h1-2H,3-4H2,(H2,8,13)(H,9,11). The molecule has 0 bridgehead atoms. The lowest BCUT2D eigenvalue weighted by Gasteiger charge is -2.00. The van der Waals surface area contributed by atoms with E-state index in [9.17, 15) is 4.79 Å². The SMILES string of the molecule is NC(=S)CC(=O)NCc1ccon1. The van der Waals surface area contributed by atoms with E-state index in [-0.39, 0.29) is 17.3 Å². The average Bonchev–Trinajstić information content (AvgIpc) is 2.51. The van der Waals surface area contributed by atoms with Crippen molar-refractivity contribution in [1.29, 1.82) is 0 Å². The third kappa shape index (κ3) is 3.66. The maximum atomic E-state index is 11.0. The van der Waals surface area contributed by atoms with E-state index in [0.717, 1.165) is 0 Å². The van der Waals surface area contributed by atoms with Crippen molar-refractivity contribution in [3.63, 3.8) is 0 Å². The van der Waals surface area contributed by atoms with Gasteiger partial charge in [-0.1, -0.05) is 17.4 Å². The van der Waals surface area contributed by atoms with Gasteiger partial charge >= 0.3 is 0 Å². The Morgan fingerprint density at radius 3 is 3.08 bits per heavy atom. The maximum absolute atomic E-state index is 11.0. The van der Waals surface area contributed by atoms with E-state index in [0.29, 0.717) is 12.2 Å². The first-order chi connectivity index (χ1) is 6.18. The van der Waals surface area contributed by atoms with E-state index in [1.165, 1.54) is 6.26 Å². The number of hydrogen-bond acceptors (Lipinski definition) is 4. The molecular weight excluding hydrogens is 190 g/mol. The number of amides is 1. The predicted molar refractivity (Wildman–Crippen MR) is 49.8 cm³/mol. The second kappa shape index (κ2) is 4.56. The van der Waals surface area contributed by atoms with Gasteiger partial charge in [0.15, 0.2) is 0 Å². The van der Waals surface area contributed by atoms with E-state index < -0.39 is 0 Å². The van der Waals surface area contributed by atoms with Gasteiger partial charge in [0.25, 0.3) is 0 Å². The summed E-state index contributed by atoms with van der Waals surface area (Å²) in [5.41, 5.74) is 5.84. The highest BCUT2D eigenvalue weighted by Crippen LogP contribution is 1.93. The van der Waals surface area contributed by atoms with E-state index in [1.807, 2.05) is 0 Å². The minimum Gasteiger partial charge on any atom is -0.393 e. The van der Waals surface area contributed by atoms with Crippen LogP contribution in [0.2, 0.25) is 0 Å². The maximum Gasteiger partial charge on any atom is 0.227 e. The molecule has 0 unspecified atom stereocenters. The van der Waals surface area contributed by atoms with Gasteiger partial charge in [0.2, 0.25) is 5.91 Å². The van der Waals surface area contributed by atoms with Gasteiger partial charge in [-0.05, 0) is 0 Å². The van der Waals surface area contributed by atoms with E-state index in [2.05, 4.69) is 27.2 Å².